The third-order valence-corrected chi connectivity index (χ3v) is 4.97. The predicted molar refractivity (Wildman–Crippen MR) is 103 cm³/mol. The van der Waals surface area contributed by atoms with Crippen LogP contribution in [0, 0.1) is 0 Å². The van der Waals surface area contributed by atoms with E-state index in [1.807, 2.05) is 42.5 Å². The highest BCUT2D eigenvalue weighted by Crippen LogP contribution is 2.25. The van der Waals surface area contributed by atoms with Crippen molar-refractivity contribution in [3.8, 4) is 5.75 Å². The number of hydrogen-bond acceptors (Lipinski definition) is 3. The van der Waals surface area contributed by atoms with Crippen molar-refractivity contribution >= 4 is 16.7 Å². The van der Waals surface area contributed by atoms with E-state index in [4.69, 9.17) is 0 Å². The number of carbonyl (C=O) groups is 1. The van der Waals surface area contributed by atoms with Crippen LogP contribution in [0.2, 0.25) is 0 Å². The molecule has 1 aliphatic heterocycles. The number of amides is 1. The lowest BCUT2D eigenvalue weighted by molar-refractivity contribution is 0.0935. The Labute approximate surface area is 153 Å². The summed E-state index contributed by atoms with van der Waals surface area (Å²) in [5.74, 6) is -0.180. The van der Waals surface area contributed by atoms with Crippen molar-refractivity contribution in [2.24, 2.45) is 0 Å². The highest BCUT2D eigenvalue weighted by Gasteiger charge is 2.25. The van der Waals surface area contributed by atoms with Crippen LogP contribution < -0.4 is 5.32 Å². The van der Waals surface area contributed by atoms with E-state index >= 15 is 0 Å². The molecule has 3 aromatic carbocycles. The molecular weight excluding hydrogens is 324 g/mol. The second-order valence-corrected chi connectivity index (χ2v) is 6.90. The number of aromatic hydroxyl groups is 1. The van der Waals surface area contributed by atoms with Crippen LogP contribution in [0.5, 0.6) is 5.75 Å². The van der Waals surface area contributed by atoms with Crippen LogP contribution >= 0.6 is 0 Å². The standard InChI is InChI=1S/C22H22N2O2/c25-21-13-18-9-5-4-8-17(18)12-20(21)22(26)23-19-10-11-24(15-19)14-16-6-2-1-3-7-16/h1-9,12-13,19,25H,10-11,14-15H2,(H,23,26)/t19-/m0/s1. The lowest BCUT2D eigenvalue weighted by Gasteiger charge is -2.17. The largest absolute Gasteiger partial charge is 0.507 e. The van der Waals surface area contributed by atoms with Crippen molar-refractivity contribution in [2.45, 2.75) is 19.0 Å². The Balaban J connectivity index is 1.42. The Hall–Kier alpha value is -2.85. The molecule has 4 nitrogen and oxygen atoms in total. The van der Waals surface area contributed by atoms with Gasteiger partial charge >= 0.3 is 0 Å². The maximum atomic E-state index is 12.6. The minimum absolute atomic E-state index is 0.0281. The first-order valence-electron chi connectivity index (χ1n) is 8.98. The van der Waals surface area contributed by atoms with Gasteiger partial charge < -0.3 is 10.4 Å². The minimum Gasteiger partial charge on any atom is -0.507 e. The molecule has 1 fully saturated rings. The normalized spacial score (nSPS) is 17.5. The number of phenolic OH excluding ortho intramolecular Hbond substituents is 1. The minimum atomic E-state index is -0.209. The molecule has 2 N–H and O–H groups in total. The van der Waals surface area contributed by atoms with Gasteiger partial charge in [-0.1, -0.05) is 54.6 Å². The van der Waals surface area contributed by atoms with E-state index in [2.05, 4.69) is 22.3 Å². The zero-order chi connectivity index (χ0) is 17.9. The summed E-state index contributed by atoms with van der Waals surface area (Å²) in [7, 11) is 0. The van der Waals surface area contributed by atoms with Gasteiger partial charge in [0.25, 0.3) is 5.91 Å². The summed E-state index contributed by atoms with van der Waals surface area (Å²) < 4.78 is 0. The van der Waals surface area contributed by atoms with Gasteiger partial charge in [-0.3, -0.25) is 9.69 Å². The van der Waals surface area contributed by atoms with E-state index in [1.165, 1.54) is 5.56 Å². The molecule has 0 aliphatic carbocycles. The van der Waals surface area contributed by atoms with E-state index in [0.717, 1.165) is 36.8 Å². The fourth-order valence-corrected chi connectivity index (χ4v) is 3.61. The van der Waals surface area contributed by atoms with Gasteiger partial charge in [0, 0.05) is 25.7 Å². The Morgan fingerprint density at radius 3 is 2.50 bits per heavy atom. The summed E-state index contributed by atoms with van der Waals surface area (Å²) in [6, 6.07) is 21.6. The monoisotopic (exact) mass is 346 g/mol. The molecule has 4 rings (SSSR count). The number of fused-ring (bicyclic) bond motifs is 1. The predicted octanol–water partition coefficient (Wildman–Crippen LogP) is 3.55. The smallest absolute Gasteiger partial charge is 0.255 e. The zero-order valence-electron chi connectivity index (χ0n) is 14.6. The number of carbonyl (C=O) groups excluding carboxylic acids is 1. The molecule has 0 radical (unpaired) electrons. The molecule has 0 saturated carbocycles. The summed E-state index contributed by atoms with van der Waals surface area (Å²) in [4.78, 5) is 15.0. The number of likely N-dealkylation sites (tertiary alicyclic amines) is 1. The first-order valence-corrected chi connectivity index (χ1v) is 8.98. The van der Waals surface area contributed by atoms with Gasteiger partial charge in [0.05, 0.1) is 5.56 Å². The van der Waals surface area contributed by atoms with Crippen molar-refractivity contribution in [2.75, 3.05) is 13.1 Å². The molecule has 0 aromatic heterocycles. The molecule has 132 valence electrons. The van der Waals surface area contributed by atoms with E-state index in [-0.39, 0.29) is 17.7 Å². The van der Waals surface area contributed by atoms with Gasteiger partial charge in [-0.15, -0.1) is 0 Å². The summed E-state index contributed by atoms with van der Waals surface area (Å²) in [5, 5.41) is 15.2. The van der Waals surface area contributed by atoms with Crippen molar-refractivity contribution in [1.29, 1.82) is 0 Å². The first-order chi connectivity index (χ1) is 12.7. The van der Waals surface area contributed by atoms with E-state index < -0.39 is 0 Å². The SMILES string of the molecule is O=C(N[C@H]1CCN(Cc2ccccc2)C1)c1cc2ccccc2cc1O. The highest BCUT2D eigenvalue weighted by molar-refractivity contribution is 6.01. The van der Waals surface area contributed by atoms with Crippen LogP contribution in [-0.4, -0.2) is 35.0 Å². The Bertz CT molecular complexity index is 924. The molecule has 3 aromatic rings. The van der Waals surface area contributed by atoms with Gasteiger partial charge in [-0.25, -0.2) is 0 Å². The summed E-state index contributed by atoms with van der Waals surface area (Å²) >= 11 is 0. The average molecular weight is 346 g/mol. The summed E-state index contributed by atoms with van der Waals surface area (Å²) in [5.41, 5.74) is 1.62. The van der Waals surface area contributed by atoms with Crippen molar-refractivity contribution in [3.63, 3.8) is 0 Å². The third-order valence-electron chi connectivity index (χ3n) is 4.97. The zero-order valence-corrected chi connectivity index (χ0v) is 14.6. The molecule has 0 spiro atoms. The second kappa shape index (κ2) is 7.18. The van der Waals surface area contributed by atoms with Gasteiger partial charge in [0.15, 0.2) is 0 Å². The number of benzene rings is 3. The molecule has 0 bridgehead atoms. The van der Waals surface area contributed by atoms with Gasteiger partial charge in [-0.2, -0.15) is 0 Å². The van der Waals surface area contributed by atoms with E-state index in [9.17, 15) is 9.90 Å². The van der Waals surface area contributed by atoms with E-state index in [1.54, 1.807) is 12.1 Å². The molecule has 1 heterocycles. The topological polar surface area (TPSA) is 52.6 Å². The lowest BCUT2D eigenvalue weighted by Crippen LogP contribution is -2.37. The average Bonchev–Trinajstić information content (AvgIpc) is 3.08. The maximum Gasteiger partial charge on any atom is 0.255 e. The first kappa shape index (κ1) is 16.6. The van der Waals surface area contributed by atoms with Crippen LogP contribution in [0.3, 0.4) is 0 Å². The summed E-state index contributed by atoms with van der Waals surface area (Å²) in [6.45, 7) is 2.69. The van der Waals surface area contributed by atoms with Crippen LogP contribution in [0.15, 0.2) is 66.7 Å². The second-order valence-electron chi connectivity index (χ2n) is 6.90. The van der Waals surface area contributed by atoms with Gasteiger partial charge in [0.1, 0.15) is 5.75 Å². The van der Waals surface area contributed by atoms with Crippen molar-refractivity contribution < 1.29 is 9.90 Å². The molecule has 0 unspecified atom stereocenters. The fourth-order valence-electron chi connectivity index (χ4n) is 3.61. The van der Waals surface area contributed by atoms with Crippen molar-refractivity contribution in [3.05, 3.63) is 77.9 Å². The molecule has 1 saturated heterocycles. The Morgan fingerprint density at radius 2 is 1.73 bits per heavy atom. The number of hydrogen-bond donors (Lipinski definition) is 2. The van der Waals surface area contributed by atoms with Crippen LogP contribution in [0.4, 0.5) is 0 Å². The number of nitrogens with one attached hydrogen (secondary N) is 1. The fraction of sp³-hybridized carbons (Fsp3) is 0.227. The molecule has 26 heavy (non-hydrogen) atoms. The number of rotatable bonds is 4. The highest BCUT2D eigenvalue weighted by atomic mass is 16.3. The van der Waals surface area contributed by atoms with E-state index in [0.29, 0.717) is 5.56 Å². The van der Waals surface area contributed by atoms with Crippen LogP contribution in [-0.2, 0) is 6.54 Å². The third kappa shape index (κ3) is 3.55. The van der Waals surface area contributed by atoms with Crippen LogP contribution in [0.25, 0.3) is 10.8 Å². The Morgan fingerprint density at radius 1 is 1.04 bits per heavy atom. The Kier molecular flexibility index (Phi) is 4.59. The number of phenols is 1. The van der Waals surface area contributed by atoms with Crippen molar-refractivity contribution in [1.82, 2.24) is 10.2 Å². The molecular formula is C22H22N2O2. The molecule has 1 atom stereocenters. The maximum absolute atomic E-state index is 12.6. The van der Waals surface area contributed by atoms with Gasteiger partial charge in [-0.05, 0) is 34.9 Å². The quantitative estimate of drug-likeness (QED) is 0.760. The van der Waals surface area contributed by atoms with Crippen LogP contribution in [0.1, 0.15) is 22.3 Å². The van der Waals surface area contributed by atoms with Gasteiger partial charge in [0.2, 0.25) is 0 Å². The molecule has 4 heteroatoms. The lowest BCUT2D eigenvalue weighted by atomic mass is 10.0. The molecule has 1 aliphatic rings. The summed E-state index contributed by atoms with van der Waals surface area (Å²) in [6.07, 6.45) is 0.924. The molecule has 1 amide bonds. The number of nitrogens with zero attached hydrogens (tertiary/aromatic N) is 1.